The van der Waals surface area contributed by atoms with Crippen LogP contribution in [0, 0.1) is 5.92 Å². The number of nitrogens with one attached hydrogen (secondary N) is 1. The van der Waals surface area contributed by atoms with Gasteiger partial charge in [-0.15, -0.1) is 0 Å². The Labute approximate surface area is 153 Å². The Bertz CT molecular complexity index is 674. The molecule has 0 spiro atoms. The molecule has 2 N–H and O–H groups in total. The summed E-state index contributed by atoms with van der Waals surface area (Å²) >= 11 is 0. The number of carbonyl (C=O) groups excluding carboxylic acids is 2. The molecule has 0 aromatic heterocycles. The predicted molar refractivity (Wildman–Crippen MR) is 96.9 cm³/mol. The number of rotatable bonds is 7. The molecule has 1 heterocycles. The van der Waals surface area contributed by atoms with E-state index in [1.807, 2.05) is 26.0 Å². The van der Waals surface area contributed by atoms with Crippen LogP contribution in [-0.2, 0) is 25.5 Å². The van der Waals surface area contributed by atoms with Crippen LogP contribution in [0.1, 0.15) is 32.3 Å². The Morgan fingerprint density at radius 2 is 2.04 bits per heavy atom. The van der Waals surface area contributed by atoms with Crippen molar-refractivity contribution in [3.63, 3.8) is 0 Å². The molecular weight excluding hydrogens is 336 g/mol. The summed E-state index contributed by atoms with van der Waals surface area (Å²) in [5, 5.41) is 12.3. The summed E-state index contributed by atoms with van der Waals surface area (Å²) in [6.45, 7) is 3.55. The van der Waals surface area contributed by atoms with Crippen molar-refractivity contribution >= 4 is 23.5 Å². The van der Waals surface area contributed by atoms with Gasteiger partial charge in [-0.2, -0.15) is 0 Å². The van der Waals surface area contributed by atoms with E-state index in [1.54, 1.807) is 12.1 Å². The summed E-state index contributed by atoms with van der Waals surface area (Å²) < 4.78 is 4.85. The lowest BCUT2D eigenvalue weighted by molar-refractivity contribution is -0.144. The number of esters is 1. The Balaban J connectivity index is 2.28. The maximum atomic E-state index is 13.0. The SMILES string of the molecule is COC(=O)[C@H](CC(C)C)N[C@H]1CCc2ccccc2N(CC(=O)O)C1=O. The predicted octanol–water partition coefficient (Wildman–Crippen LogP) is 1.60. The average molecular weight is 362 g/mol. The second-order valence-corrected chi connectivity index (χ2v) is 6.91. The lowest BCUT2D eigenvalue weighted by atomic mass is 10.0. The van der Waals surface area contributed by atoms with Crippen molar-refractivity contribution in [2.24, 2.45) is 5.92 Å². The van der Waals surface area contributed by atoms with Gasteiger partial charge < -0.3 is 9.84 Å². The molecule has 0 aliphatic carbocycles. The molecule has 0 radical (unpaired) electrons. The highest BCUT2D eigenvalue weighted by molar-refractivity contribution is 6.02. The van der Waals surface area contributed by atoms with E-state index in [1.165, 1.54) is 12.0 Å². The number of carbonyl (C=O) groups is 3. The highest BCUT2D eigenvalue weighted by Crippen LogP contribution is 2.27. The quantitative estimate of drug-likeness (QED) is 0.715. The third-order valence-corrected chi connectivity index (χ3v) is 4.44. The second-order valence-electron chi connectivity index (χ2n) is 6.91. The summed E-state index contributed by atoms with van der Waals surface area (Å²) in [6.07, 6.45) is 1.63. The fourth-order valence-corrected chi connectivity index (χ4v) is 3.26. The second kappa shape index (κ2) is 8.80. The van der Waals surface area contributed by atoms with Crippen molar-refractivity contribution in [2.45, 2.75) is 45.2 Å². The maximum absolute atomic E-state index is 13.0. The van der Waals surface area contributed by atoms with Crippen LogP contribution in [-0.4, -0.2) is 48.7 Å². The van der Waals surface area contributed by atoms with Crippen LogP contribution in [0.5, 0.6) is 0 Å². The molecule has 0 saturated carbocycles. The van der Waals surface area contributed by atoms with Crippen LogP contribution >= 0.6 is 0 Å². The number of hydrogen-bond donors (Lipinski definition) is 2. The van der Waals surface area contributed by atoms with Crippen molar-refractivity contribution in [3.8, 4) is 0 Å². The van der Waals surface area contributed by atoms with Crippen LogP contribution in [0.25, 0.3) is 0 Å². The van der Waals surface area contributed by atoms with Gasteiger partial charge in [0.05, 0.1) is 13.2 Å². The van der Waals surface area contributed by atoms with Crippen molar-refractivity contribution in [2.75, 3.05) is 18.6 Å². The number of ether oxygens (including phenoxy) is 1. The molecule has 142 valence electrons. The normalized spacial score (nSPS) is 18.2. The van der Waals surface area contributed by atoms with Crippen molar-refractivity contribution < 1.29 is 24.2 Å². The molecule has 7 heteroatoms. The molecule has 2 rings (SSSR count). The van der Waals surface area contributed by atoms with E-state index in [4.69, 9.17) is 4.74 Å². The number of aliphatic carboxylic acids is 1. The number of methoxy groups -OCH3 is 1. The summed E-state index contributed by atoms with van der Waals surface area (Å²) in [6, 6.07) is 6.04. The molecule has 0 saturated heterocycles. The number of aryl methyl sites for hydroxylation is 1. The lowest BCUT2D eigenvalue weighted by Crippen LogP contribution is -2.53. The maximum Gasteiger partial charge on any atom is 0.323 e. The topological polar surface area (TPSA) is 95.9 Å². The number of hydrogen-bond acceptors (Lipinski definition) is 5. The summed E-state index contributed by atoms with van der Waals surface area (Å²) in [7, 11) is 1.32. The van der Waals surface area contributed by atoms with E-state index < -0.39 is 30.6 Å². The van der Waals surface area contributed by atoms with E-state index in [0.717, 1.165) is 5.56 Å². The Kier molecular flexibility index (Phi) is 6.74. The number of para-hydroxylation sites is 1. The number of fused-ring (bicyclic) bond motifs is 1. The van der Waals surface area contributed by atoms with Gasteiger partial charge in [0, 0.05) is 5.69 Å². The smallest absolute Gasteiger partial charge is 0.323 e. The van der Waals surface area contributed by atoms with Gasteiger partial charge in [-0.1, -0.05) is 32.0 Å². The number of amides is 1. The Hall–Kier alpha value is -2.41. The number of carboxylic acid groups (broad SMARTS) is 1. The first-order valence-electron chi connectivity index (χ1n) is 8.78. The molecule has 1 amide bonds. The zero-order valence-corrected chi connectivity index (χ0v) is 15.4. The van der Waals surface area contributed by atoms with Crippen molar-refractivity contribution in [1.29, 1.82) is 0 Å². The van der Waals surface area contributed by atoms with Gasteiger partial charge in [-0.25, -0.2) is 0 Å². The zero-order chi connectivity index (χ0) is 19.3. The van der Waals surface area contributed by atoms with Gasteiger partial charge in [0.2, 0.25) is 5.91 Å². The summed E-state index contributed by atoms with van der Waals surface area (Å²) in [5.74, 6) is -1.60. The van der Waals surface area contributed by atoms with Crippen molar-refractivity contribution in [1.82, 2.24) is 5.32 Å². The van der Waals surface area contributed by atoms with Crippen LogP contribution < -0.4 is 10.2 Å². The first-order chi connectivity index (χ1) is 12.3. The largest absolute Gasteiger partial charge is 0.480 e. The van der Waals surface area contributed by atoms with Crippen LogP contribution in [0.3, 0.4) is 0 Å². The van der Waals surface area contributed by atoms with E-state index in [2.05, 4.69) is 5.32 Å². The molecule has 1 aromatic carbocycles. The molecule has 2 atom stereocenters. The fraction of sp³-hybridized carbons (Fsp3) is 0.526. The molecule has 1 aliphatic rings. The third kappa shape index (κ3) is 4.82. The van der Waals surface area contributed by atoms with Gasteiger partial charge in [0.1, 0.15) is 12.6 Å². The van der Waals surface area contributed by atoms with Crippen LogP contribution in [0.15, 0.2) is 24.3 Å². The van der Waals surface area contributed by atoms with Crippen molar-refractivity contribution in [3.05, 3.63) is 29.8 Å². The third-order valence-electron chi connectivity index (χ3n) is 4.44. The Morgan fingerprint density at radius 3 is 2.65 bits per heavy atom. The summed E-state index contributed by atoms with van der Waals surface area (Å²) in [4.78, 5) is 37.7. The van der Waals surface area contributed by atoms with E-state index in [-0.39, 0.29) is 11.8 Å². The molecule has 7 nitrogen and oxygen atoms in total. The van der Waals surface area contributed by atoms with Crippen LogP contribution in [0.4, 0.5) is 5.69 Å². The van der Waals surface area contributed by atoms with Gasteiger partial charge in [0.15, 0.2) is 0 Å². The molecule has 1 aromatic rings. The molecular formula is C19H26N2O5. The van der Waals surface area contributed by atoms with E-state index >= 15 is 0 Å². The standard InChI is InChI=1S/C19H26N2O5/c1-12(2)10-15(19(25)26-3)20-14-9-8-13-6-4-5-7-16(13)21(18(14)24)11-17(22)23/h4-7,12,14-15,20H,8-11H2,1-3H3,(H,22,23)/t14-,15-/m0/s1. The highest BCUT2D eigenvalue weighted by Gasteiger charge is 2.34. The minimum Gasteiger partial charge on any atom is -0.480 e. The highest BCUT2D eigenvalue weighted by atomic mass is 16.5. The molecule has 0 unspecified atom stereocenters. The number of benzene rings is 1. The number of nitrogens with zero attached hydrogens (tertiary/aromatic N) is 1. The van der Waals surface area contributed by atoms with E-state index in [9.17, 15) is 19.5 Å². The molecule has 1 aliphatic heterocycles. The van der Waals surface area contributed by atoms with E-state index in [0.29, 0.717) is 24.9 Å². The number of carboxylic acids is 1. The zero-order valence-electron chi connectivity index (χ0n) is 15.4. The number of anilines is 1. The fourth-order valence-electron chi connectivity index (χ4n) is 3.26. The minimum absolute atomic E-state index is 0.236. The minimum atomic E-state index is -1.08. The monoisotopic (exact) mass is 362 g/mol. The molecule has 0 bridgehead atoms. The van der Waals surface area contributed by atoms with Gasteiger partial charge in [0.25, 0.3) is 0 Å². The van der Waals surface area contributed by atoms with Gasteiger partial charge in [-0.05, 0) is 36.8 Å². The van der Waals surface area contributed by atoms with Gasteiger partial charge >= 0.3 is 11.9 Å². The van der Waals surface area contributed by atoms with Gasteiger partial charge in [-0.3, -0.25) is 24.6 Å². The Morgan fingerprint density at radius 1 is 1.35 bits per heavy atom. The first kappa shape index (κ1) is 19.9. The first-order valence-corrected chi connectivity index (χ1v) is 8.78. The van der Waals surface area contributed by atoms with Crippen LogP contribution in [0.2, 0.25) is 0 Å². The summed E-state index contributed by atoms with van der Waals surface area (Å²) in [5.41, 5.74) is 1.53. The molecule has 26 heavy (non-hydrogen) atoms. The lowest BCUT2D eigenvalue weighted by Gasteiger charge is -2.27. The molecule has 0 fully saturated rings. The average Bonchev–Trinajstić information content (AvgIpc) is 2.72.